The summed E-state index contributed by atoms with van der Waals surface area (Å²) in [5, 5.41) is 3.11. The Morgan fingerprint density at radius 3 is 2.34 bits per heavy atom. The standard InChI is InChI=1S/C22H24N2O5/c25-21(23-16-7-2-1-3-8-16)20(18-10-5-13-28-18)24(15-17-9-4-12-27-17)22(26)19-11-6-14-29-19/h4-6,9-14,16,20H,1-3,7-8,15H2,(H,23,25)/t20-/m0/s1. The molecule has 1 saturated carbocycles. The van der Waals surface area contributed by atoms with Crippen LogP contribution in [0.1, 0.15) is 60.2 Å². The molecule has 29 heavy (non-hydrogen) atoms. The molecule has 152 valence electrons. The number of hydrogen-bond donors (Lipinski definition) is 1. The Morgan fingerprint density at radius 2 is 1.69 bits per heavy atom. The van der Waals surface area contributed by atoms with Crippen molar-refractivity contribution >= 4 is 11.8 Å². The first-order valence-electron chi connectivity index (χ1n) is 9.93. The zero-order valence-corrected chi connectivity index (χ0v) is 16.1. The van der Waals surface area contributed by atoms with Gasteiger partial charge in [0.15, 0.2) is 11.8 Å². The van der Waals surface area contributed by atoms with Crippen molar-refractivity contribution in [1.29, 1.82) is 0 Å². The number of nitrogens with zero attached hydrogens (tertiary/aromatic N) is 1. The van der Waals surface area contributed by atoms with Crippen LogP contribution in [0.3, 0.4) is 0 Å². The minimum atomic E-state index is -0.936. The molecule has 7 heteroatoms. The van der Waals surface area contributed by atoms with Crippen LogP contribution in [0.5, 0.6) is 0 Å². The number of carbonyl (C=O) groups is 2. The van der Waals surface area contributed by atoms with Gasteiger partial charge >= 0.3 is 0 Å². The lowest BCUT2D eigenvalue weighted by Gasteiger charge is -2.31. The Morgan fingerprint density at radius 1 is 0.966 bits per heavy atom. The number of amides is 2. The molecule has 1 atom stereocenters. The summed E-state index contributed by atoms with van der Waals surface area (Å²) in [5.74, 6) is 0.431. The maximum Gasteiger partial charge on any atom is 0.290 e. The van der Waals surface area contributed by atoms with Gasteiger partial charge in [0.05, 0.1) is 25.3 Å². The minimum absolute atomic E-state index is 0.107. The molecule has 0 radical (unpaired) electrons. The van der Waals surface area contributed by atoms with Crippen molar-refractivity contribution in [2.75, 3.05) is 0 Å². The van der Waals surface area contributed by atoms with E-state index in [2.05, 4.69) is 5.32 Å². The van der Waals surface area contributed by atoms with Crippen LogP contribution >= 0.6 is 0 Å². The van der Waals surface area contributed by atoms with Crippen LogP contribution in [-0.4, -0.2) is 22.8 Å². The fourth-order valence-electron chi connectivity index (χ4n) is 3.79. The van der Waals surface area contributed by atoms with Crippen molar-refractivity contribution in [3.63, 3.8) is 0 Å². The van der Waals surface area contributed by atoms with Crippen molar-refractivity contribution in [3.8, 4) is 0 Å². The highest BCUT2D eigenvalue weighted by Crippen LogP contribution is 2.28. The van der Waals surface area contributed by atoms with E-state index >= 15 is 0 Å². The van der Waals surface area contributed by atoms with Crippen LogP contribution in [0.25, 0.3) is 0 Å². The SMILES string of the molecule is O=C(NC1CCCCC1)[C@H](c1ccco1)N(Cc1ccco1)C(=O)c1ccco1. The van der Waals surface area contributed by atoms with Gasteiger partial charge in [0.25, 0.3) is 11.8 Å². The van der Waals surface area contributed by atoms with Crippen LogP contribution < -0.4 is 5.32 Å². The molecule has 0 saturated heterocycles. The predicted octanol–water partition coefficient (Wildman–Crippen LogP) is 4.30. The van der Waals surface area contributed by atoms with Crippen LogP contribution in [0.4, 0.5) is 0 Å². The molecule has 1 aliphatic carbocycles. The van der Waals surface area contributed by atoms with E-state index < -0.39 is 11.9 Å². The first-order valence-corrected chi connectivity index (χ1v) is 9.93. The number of carbonyl (C=O) groups excluding carboxylic acids is 2. The molecule has 1 N–H and O–H groups in total. The van der Waals surface area contributed by atoms with E-state index in [-0.39, 0.29) is 24.3 Å². The lowest BCUT2D eigenvalue weighted by Crippen LogP contribution is -2.46. The monoisotopic (exact) mass is 396 g/mol. The molecular weight excluding hydrogens is 372 g/mol. The Hall–Kier alpha value is -3.22. The highest BCUT2D eigenvalue weighted by atomic mass is 16.3. The maximum absolute atomic E-state index is 13.3. The number of rotatable bonds is 7. The van der Waals surface area contributed by atoms with Crippen LogP contribution in [0.2, 0.25) is 0 Å². The Kier molecular flexibility index (Phi) is 5.84. The van der Waals surface area contributed by atoms with Crippen molar-refractivity contribution in [1.82, 2.24) is 10.2 Å². The average Bonchev–Trinajstić information content (AvgIpc) is 3.51. The summed E-state index contributed by atoms with van der Waals surface area (Å²) in [7, 11) is 0. The molecule has 0 bridgehead atoms. The van der Waals surface area contributed by atoms with Gasteiger partial charge in [-0.05, 0) is 49.2 Å². The van der Waals surface area contributed by atoms with E-state index in [0.29, 0.717) is 11.5 Å². The first kappa shape index (κ1) is 19.1. The molecule has 0 aliphatic heterocycles. The molecular formula is C22H24N2O5. The third-order valence-corrected chi connectivity index (χ3v) is 5.22. The Bertz CT molecular complexity index is 893. The molecule has 3 aromatic rings. The summed E-state index contributed by atoms with van der Waals surface area (Å²) in [6.45, 7) is 0.107. The summed E-state index contributed by atoms with van der Waals surface area (Å²) in [5.41, 5.74) is 0. The second kappa shape index (κ2) is 8.86. The third-order valence-electron chi connectivity index (χ3n) is 5.22. The summed E-state index contributed by atoms with van der Waals surface area (Å²) in [6.07, 6.45) is 9.74. The molecule has 7 nitrogen and oxygen atoms in total. The molecule has 0 aromatic carbocycles. The van der Waals surface area contributed by atoms with Gasteiger partial charge in [-0.2, -0.15) is 0 Å². The molecule has 0 unspecified atom stereocenters. The molecule has 4 rings (SSSR count). The van der Waals surface area contributed by atoms with E-state index in [4.69, 9.17) is 13.3 Å². The molecule has 1 aliphatic rings. The van der Waals surface area contributed by atoms with Crippen LogP contribution in [-0.2, 0) is 11.3 Å². The van der Waals surface area contributed by atoms with Gasteiger partial charge in [-0.1, -0.05) is 19.3 Å². The molecule has 0 spiro atoms. The first-order chi connectivity index (χ1) is 14.2. The van der Waals surface area contributed by atoms with Crippen molar-refractivity contribution in [3.05, 3.63) is 72.5 Å². The topological polar surface area (TPSA) is 88.8 Å². The summed E-state index contributed by atoms with van der Waals surface area (Å²) in [4.78, 5) is 28.0. The van der Waals surface area contributed by atoms with E-state index in [1.54, 1.807) is 36.4 Å². The van der Waals surface area contributed by atoms with E-state index in [9.17, 15) is 9.59 Å². The zero-order valence-electron chi connectivity index (χ0n) is 16.1. The van der Waals surface area contributed by atoms with Crippen LogP contribution in [0.15, 0.2) is 68.4 Å². The fourth-order valence-corrected chi connectivity index (χ4v) is 3.79. The fraction of sp³-hybridized carbons (Fsp3) is 0.364. The van der Waals surface area contributed by atoms with E-state index in [1.165, 1.54) is 30.1 Å². The second-order valence-corrected chi connectivity index (χ2v) is 7.25. The minimum Gasteiger partial charge on any atom is -0.467 e. The summed E-state index contributed by atoms with van der Waals surface area (Å²) in [6, 6.07) is 9.31. The number of furan rings is 3. The lowest BCUT2D eigenvalue weighted by atomic mass is 9.95. The van der Waals surface area contributed by atoms with Gasteiger partial charge in [0, 0.05) is 6.04 Å². The maximum atomic E-state index is 13.3. The van der Waals surface area contributed by atoms with Gasteiger partial charge in [-0.25, -0.2) is 0 Å². The van der Waals surface area contributed by atoms with Crippen molar-refractivity contribution in [2.45, 2.75) is 50.7 Å². The van der Waals surface area contributed by atoms with Gasteiger partial charge in [0.2, 0.25) is 0 Å². The Balaban J connectivity index is 1.65. The summed E-state index contributed by atoms with van der Waals surface area (Å²) < 4.78 is 16.3. The Labute approximate surface area is 168 Å². The smallest absolute Gasteiger partial charge is 0.290 e. The highest BCUT2D eigenvalue weighted by Gasteiger charge is 2.36. The third kappa shape index (κ3) is 4.45. The molecule has 3 heterocycles. The predicted molar refractivity (Wildman–Crippen MR) is 104 cm³/mol. The zero-order chi connectivity index (χ0) is 20.1. The van der Waals surface area contributed by atoms with Crippen molar-refractivity contribution in [2.24, 2.45) is 0 Å². The van der Waals surface area contributed by atoms with Gasteiger partial charge < -0.3 is 23.5 Å². The highest BCUT2D eigenvalue weighted by molar-refractivity contribution is 5.95. The van der Waals surface area contributed by atoms with Gasteiger partial charge in [-0.3, -0.25) is 9.59 Å². The molecule has 1 fully saturated rings. The molecule has 2 amide bonds. The normalized spacial score (nSPS) is 15.7. The second-order valence-electron chi connectivity index (χ2n) is 7.25. The van der Waals surface area contributed by atoms with Crippen LogP contribution in [0, 0.1) is 0 Å². The van der Waals surface area contributed by atoms with E-state index in [0.717, 1.165) is 25.7 Å². The largest absolute Gasteiger partial charge is 0.467 e. The van der Waals surface area contributed by atoms with E-state index in [1.807, 2.05) is 0 Å². The lowest BCUT2D eigenvalue weighted by molar-refractivity contribution is -0.127. The number of hydrogen-bond acceptors (Lipinski definition) is 5. The number of nitrogens with one attached hydrogen (secondary N) is 1. The summed E-state index contributed by atoms with van der Waals surface area (Å²) >= 11 is 0. The van der Waals surface area contributed by atoms with Gasteiger partial charge in [0.1, 0.15) is 11.5 Å². The average molecular weight is 396 g/mol. The van der Waals surface area contributed by atoms with Gasteiger partial charge in [-0.15, -0.1) is 0 Å². The van der Waals surface area contributed by atoms with Crippen molar-refractivity contribution < 1.29 is 22.8 Å². The quantitative estimate of drug-likeness (QED) is 0.643. The molecule has 3 aromatic heterocycles.